The number of aliphatic hydroxyl groups is 1. The zero-order valence-electron chi connectivity index (χ0n) is 12.5. The molecular formula is C18H26O. The van der Waals surface area contributed by atoms with E-state index >= 15 is 0 Å². The summed E-state index contributed by atoms with van der Waals surface area (Å²) in [6.45, 7) is 6.44. The second kappa shape index (κ2) is 6.38. The first-order valence-electron chi connectivity index (χ1n) is 7.49. The van der Waals surface area contributed by atoms with Gasteiger partial charge in [0.15, 0.2) is 0 Å². The molecule has 1 unspecified atom stereocenters. The molecule has 0 radical (unpaired) electrons. The lowest BCUT2D eigenvalue weighted by Gasteiger charge is -2.19. The molecule has 1 aliphatic rings. The van der Waals surface area contributed by atoms with Gasteiger partial charge in [0.05, 0.1) is 6.10 Å². The number of rotatable bonds is 4. The molecular weight excluding hydrogens is 232 g/mol. The van der Waals surface area contributed by atoms with Crippen LogP contribution in [0.2, 0.25) is 0 Å². The van der Waals surface area contributed by atoms with Crippen LogP contribution in [0.3, 0.4) is 0 Å². The van der Waals surface area contributed by atoms with Crippen molar-refractivity contribution >= 4 is 0 Å². The standard InChI is InChI=1S/C18H26O/c1-13-9-14(2)18(15(3)10-13)12-17(19)11-16-7-5-4-6-8-16/h7,9-10,17,19H,4-6,8,11-12H2,1-3H3. The highest BCUT2D eigenvalue weighted by atomic mass is 16.3. The molecule has 0 saturated carbocycles. The second-order valence-corrected chi connectivity index (χ2v) is 6.05. The Hall–Kier alpha value is -1.08. The SMILES string of the molecule is Cc1cc(C)c(CC(O)CC2=CCCCC2)c(C)c1. The zero-order chi connectivity index (χ0) is 13.8. The molecule has 0 aliphatic heterocycles. The minimum Gasteiger partial charge on any atom is -0.392 e. The average molecular weight is 258 g/mol. The Morgan fingerprint density at radius 2 is 1.74 bits per heavy atom. The van der Waals surface area contributed by atoms with E-state index in [4.69, 9.17) is 0 Å². The quantitative estimate of drug-likeness (QED) is 0.793. The van der Waals surface area contributed by atoms with E-state index in [2.05, 4.69) is 39.0 Å². The maximum absolute atomic E-state index is 10.3. The summed E-state index contributed by atoms with van der Waals surface area (Å²) in [6, 6.07) is 4.43. The van der Waals surface area contributed by atoms with Crippen LogP contribution in [0.15, 0.2) is 23.8 Å². The lowest BCUT2D eigenvalue weighted by Crippen LogP contribution is -2.14. The van der Waals surface area contributed by atoms with Crippen LogP contribution in [0.5, 0.6) is 0 Å². The normalized spacial score (nSPS) is 17.2. The van der Waals surface area contributed by atoms with E-state index in [1.165, 1.54) is 53.5 Å². The third kappa shape index (κ3) is 3.94. The van der Waals surface area contributed by atoms with Crippen molar-refractivity contribution in [2.75, 3.05) is 0 Å². The molecule has 0 saturated heterocycles. The number of aryl methyl sites for hydroxylation is 3. The van der Waals surface area contributed by atoms with Gasteiger partial charge in [-0.1, -0.05) is 29.3 Å². The first kappa shape index (κ1) is 14.3. The molecule has 1 aromatic carbocycles. The van der Waals surface area contributed by atoms with Crippen LogP contribution in [-0.2, 0) is 6.42 Å². The van der Waals surface area contributed by atoms with Crippen molar-refractivity contribution in [1.82, 2.24) is 0 Å². The highest BCUT2D eigenvalue weighted by molar-refractivity contribution is 5.38. The second-order valence-electron chi connectivity index (χ2n) is 6.05. The van der Waals surface area contributed by atoms with Crippen LogP contribution in [0.25, 0.3) is 0 Å². The van der Waals surface area contributed by atoms with Crippen LogP contribution >= 0.6 is 0 Å². The maximum atomic E-state index is 10.3. The van der Waals surface area contributed by atoms with E-state index in [1.54, 1.807) is 0 Å². The molecule has 1 aromatic rings. The van der Waals surface area contributed by atoms with Gasteiger partial charge in [-0.05, 0) is 76.0 Å². The molecule has 0 spiro atoms. The fourth-order valence-corrected chi connectivity index (χ4v) is 3.23. The molecule has 0 bridgehead atoms. The predicted molar refractivity (Wildman–Crippen MR) is 81.5 cm³/mol. The molecule has 104 valence electrons. The summed E-state index contributed by atoms with van der Waals surface area (Å²) in [4.78, 5) is 0. The maximum Gasteiger partial charge on any atom is 0.0617 e. The molecule has 0 fully saturated rings. The number of benzene rings is 1. The molecule has 1 N–H and O–H groups in total. The van der Waals surface area contributed by atoms with Crippen molar-refractivity contribution in [3.63, 3.8) is 0 Å². The average Bonchev–Trinajstić information content (AvgIpc) is 2.35. The molecule has 1 atom stereocenters. The molecule has 0 aromatic heterocycles. The Morgan fingerprint density at radius 1 is 1.05 bits per heavy atom. The summed E-state index contributed by atoms with van der Waals surface area (Å²) in [5.74, 6) is 0. The third-order valence-electron chi connectivity index (χ3n) is 4.16. The monoisotopic (exact) mass is 258 g/mol. The van der Waals surface area contributed by atoms with E-state index in [1.807, 2.05) is 0 Å². The van der Waals surface area contributed by atoms with Crippen molar-refractivity contribution in [1.29, 1.82) is 0 Å². The van der Waals surface area contributed by atoms with Gasteiger partial charge in [0.1, 0.15) is 0 Å². The Morgan fingerprint density at radius 3 is 2.32 bits per heavy atom. The smallest absolute Gasteiger partial charge is 0.0617 e. The van der Waals surface area contributed by atoms with Crippen LogP contribution < -0.4 is 0 Å². The van der Waals surface area contributed by atoms with E-state index in [-0.39, 0.29) is 6.10 Å². The van der Waals surface area contributed by atoms with Gasteiger partial charge in [-0.15, -0.1) is 0 Å². The van der Waals surface area contributed by atoms with Crippen LogP contribution in [0.4, 0.5) is 0 Å². The van der Waals surface area contributed by atoms with Crippen molar-refractivity contribution in [2.24, 2.45) is 0 Å². The number of aliphatic hydroxyl groups excluding tert-OH is 1. The van der Waals surface area contributed by atoms with Crippen molar-refractivity contribution in [3.05, 3.63) is 46.0 Å². The number of hydrogen-bond acceptors (Lipinski definition) is 1. The van der Waals surface area contributed by atoms with Gasteiger partial charge in [-0.3, -0.25) is 0 Å². The van der Waals surface area contributed by atoms with E-state index in [9.17, 15) is 5.11 Å². The van der Waals surface area contributed by atoms with E-state index < -0.39 is 0 Å². The van der Waals surface area contributed by atoms with Gasteiger partial charge in [0.2, 0.25) is 0 Å². The largest absolute Gasteiger partial charge is 0.392 e. The minimum absolute atomic E-state index is 0.232. The molecule has 1 heteroatoms. The number of allylic oxidation sites excluding steroid dienone is 1. The van der Waals surface area contributed by atoms with Crippen LogP contribution in [0.1, 0.15) is 54.4 Å². The van der Waals surface area contributed by atoms with E-state index in [0.717, 1.165) is 12.8 Å². The van der Waals surface area contributed by atoms with Gasteiger partial charge in [-0.25, -0.2) is 0 Å². The van der Waals surface area contributed by atoms with Gasteiger partial charge in [-0.2, -0.15) is 0 Å². The van der Waals surface area contributed by atoms with Crippen LogP contribution in [0, 0.1) is 20.8 Å². The lowest BCUT2D eigenvalue weighted by atomic mass is 9.90. The molecule has 1 aliphatic carbocycles. The predicted octanol–water partition coefficient (Wildman–Crippen LogP) is 4.41. The molecule has 0 heterocycles. The topological polar surface area (TPSA) is 20.2 Å². The number of hydrogen-bond donors (Lipinski definition) is 1. The van der Waals surface area contributed by atoms with Crippen molar-refractivity contribution < 1.29 is 5.11 Å². The highest BCUT2D eigenvalue weighted by Gasteiger charge is 2.13. The summed E-state index contributed by atoms with van der Waals surface area (Å²) in [5, 5.41) is 10.3. The summed E-state index contributed by atoms with van der Waals surface area (Å²) >= 11 is 0. The van der Waals surface area contributed by atoms with Gasteiger partial charge in [0.25, 0.3) is 0 Å². The first-order valence-corrected chi connectivity index (χ1v) is 7.49. The zero-order valence-corrected chi connectivity index (χ0v) is 12.5. The minimum atomic E-state index is -0.232. The lowest BCUT2D eigenvalue weighted by molar-refractivity contribution is 0.173. The van der Waals surface area contributed by atoms with Crippen molar-refractivity contribution in [2.45, 2.75) is 65.4 Å². The van der Waals surface area contributed by atoms with Crippen molar-refractivity contribution in [3.8, 4) is 0 Å². The Balaban J connectivity index is 2.02. The molecule has 0 amide bonds. The molecule has 19 heavy (non-hydrogen) atoms. The first-order chi connectivity index (χ1) is 9.06. The van der Waals surface area contributed by atoms with Crippen LogP contribution in [-0.4, -0.2) is 11.2 Å². The Labute approximate surface area is 117 Å². The van der Waals surface area contributed by atoms with E-state index in [0.29, 0.717) is 0 Å². The molecule has 1 nitrogen and oxygen atoms in total. The van der Waals surface area contributed by atoms with Gasteiger partial charge < -0.3 is 5.11 Å². The van der Waals surface area contributed by atoms with Gasteiger partial charge in [0, 0.05) is 0 Å². The summed E-state index contributed by atoms with van der Waals surface area (Å²) in [7, 11) is 0. The molecule has 2 rings (SSSR count). The Kier molecular flexibility index (Phi) is 4.81. The fourth-order valence-electron chi connectivity index (χ4n) is 3.23. The summed E-state index contributed by atoms with van der Waals surface area (Å²) in [6.07, 6.45) is 8.73. The summed E-state index contributed by atoms with van der Waals surface area (Å²) < 4.78 is 0. The fraction of sp³-hybridized carbons (Fsp3) is 0.556. The highest BCUT2D eigenvalue weighted by Crippen LogP contribution is 2.24. The Bertz CT molecular complexity index is 448. The summed E-state index contributed by atoms with van der Waals surface area (Å²) in [5.41, 5.74) is 6.72. The third-order valence-corrected chi connectivity index (χ3v) is 4.16. The van der Waals surface area contributed by atoms with Gasteiger partial charge >= 0.3 is 0 Å².